The van der Waals surface area contributed by atoms with Crippen molar-refractivity contribution in [2.45, 2.75) is 13.8 Å². The first-order valence-electron chi connectivity index (χ1n) is 6.96. The van der Waals surface area contributed by atoms with E-state index < -0.39 is 0 Å². The van der Waals surface area contributed by atoms with E-state index in [0.29, 0.717) is 23.4 Å². The van der Waals surface area contributed by atoms with Crippen LogP contribution in [0, 0.1) is 11.3 Å². The summed E-state index contributed by atoms with van der Waals surface area (Å²) >= 11 is 5.95. The van der Waals surface area contributed by atoms with Crippen molar-refractivity contribution in [1.29, 1.82) is 5.41 Å². The minimum Gasteiger partial charge on any atom is -0.338 e. The van der Waals surface area contributed by atoms with Gasteiger partial charge in [0.25, 0.3) is 0 Å². The average Bonchev–Trinajstić information content (AvgIpc) is 2.93. The van der Waals surface area contributed by atoms with E-state index in [2.05, 4.69) is 28.9 Å². The van der Waals surface area contributed by atoms with E-state index >= 15 is 0 Å². The summed E-state index contributed by atoms with van der Waals surface area (Å²) in [6, 6.07) is 7.58. The molecule has 1 aliphatic rings. The highest BCUT2D eigenvalue weighted by atomic mass is 35.5. The van der Waals surface area contributed by atoms with E-state index in [1.54, 1.807) is 6.20 Å². The summed E-state index contributed by atoms with van der Waals surface area (Å²) < 4.78 is 0. The van der Waals surface area contributed by atoms with Crippen molar-refractivity contribution in [3.05, 3.63) is 41.0 Å². The summed E-state index contributed by atoms with van der Waals surface area (Å²) in [6.45, 7) is 5.91. The predicted molar refractivity (Wildman–Crippen MR) is 86.4 cm³/mol. The fourth-order valence-corrected chi connectivity index (χ4v) is 2.70. The Morgan fingerprint density at radius 3 is 2.71 bits per heavy atom. The predicted octanol–water partition coefficient (Wildman–Crippen LogP) is 3.33. The lowest BCUT2D eigenvalue weighted by atomic mass is 10.1. The lowest BCUT2D eigenvalue weighted by Gasteiger charge is -2.38. The molecule has 2 N–H and O–H groups in total. The zero-order valence-corrected chi connectivity index (χ0v) is 12.9. The Balaban J connectivity index is 1.96. The molecule has 0 aliphatic carbocycles. The summed E-state index contributed by atoms with van der Waals surface area (Å²) in [7, 11) is 0. The van der Waals surface area contributed by atoms with Crippen molar-refractivity contribution in [3.63, 3.8) is 0 Å². The van der Waals surface area contributed by atoms with Crippen LogP contribution in [0.5, 0.6) is 0 Å². The van der Waals surface area contributed by atoms with Gasteiger partial charge in [-0.05, 0) is 30.2 Å². The molecule has 0 atom stereocenters. The largest absolute Gasteiger partial charge is 0.338 e. The standard InChI is InChI=1S/C15H18ClN5/c1-10(2)8-20-9-21(12-5-3-11(16)4-6-12)14(17)13-7-18-19-15(13)20/h3-7,10,17H,8-9H2,1-2H3,(H,18,19). The molecule has 0 amide bonds. The summed E-state index contributed by atoms with van der Waals surface area (Å²) in [5.41, 5.74) is 1.79. The first-order valence-corrected chi connectivity index (χ1v) is 7.34. The maximum atomic E-state index is 8.41. The van der Waals surface area contributed by atoms with Gasteiger partial charge in [0, 0.05) is 17.3 Å². The van der Waals surface area contributed by atoms with Gasteiger partial charge in [0.1, 0.15) is 11.7 Å². The smallest absolute Gasteiger partial charge is 0.139 e. The Labute approximate surface area is 129 Å². The number of anilines is 2. The molecule has 2 aromatic rings. The van der Waals surface area contributed by atoms with Crippen molar-refractivity contribution in [2.24, 2.45) is 5.92 Å². The van der Waals surface area contributed by atoms with Gasteiger partial charge in [0.05, 0.1) is 18.4 Å². The number of H-pyrrole nitrogens is 1. The van der Waals surface area contributed by atoms with Gasteiger partial charge in [-0.1, -0.05) is 25.4 Å². The number of hydrogen-bond donors (Lipinski definition) is 2. The molecule has 0 fully saturated rings. The van der Waals surface area contributed by atoms with Crippen molar-refractivity contribution in [3.8, 4) is 0 Å². The third-order valence-electron chi connectivity index (χ3n) is 3.50. The number of hydrogen-bond acceptors (Lipinski definition) is 3. The topological polar surface area (TPSA) is 59.0 Å². The van der Waals surface area contributed by atoms with Gasteiger partial charge in [0.15, 0.2) is 0 Å². The fraction of sp³-hybridized carbons (Fsp3) is 0.333. The number of halogens is 1. The van der Waals surface area contributed by atoms with Crippen LogP contribution in [0.2, 0.25) is 5.02 Å². The zero-order chi connectivity index (χ0) is 15.0. The van der Waals surface area contributed by atoms with Crippen LogP contribution in [0.15, 0.2) is 30.5 Å². The minimum atomic E-state index is 0.459. The quantitative estimate of drug-likeness (QED) is 0.914. The summed E-state index contributed by atoms with van der Waals surface area (Å²) in [6.07, 6.45) is 1.72. The van der Waals surface area contributed by atoms with E-state index in [1.165, 1.54) is 0 Å². The maximum absolute atomic E-state index is 8.41. The molecule has 1 aromatic carbocycles. The SMILES string of the molecule is CC(C)CN1CN(c2ccc(Cl)cc2)C(=N)c2cn[nH]c21. The highest BCUT2D eigenvalue weighted by Crippen LogP contribution is 2.29. The first-order chi connectivity index (χ1) is 10.1. The molecular formula is C15H18ClN5. The van der Waals surface area contributed by atoms with Crippen molar-refractivity contribution in [1.82, 2.24) is 10.2 Å². The molecule has 2 heterocycles. The van der Waals surface area contributed by atoms with E-state index in [-0.39, 0.29) is 0 Å². The number of amidine groups is 1. The maximum Gasteiger partial charge on any atom is 0.139 e. The highest BCUT2D eigenvalue weighted by molar-refractivity contribution is 6.30. The Morgan fingerprint density at radius 1 is 1.33 bits per heavy atom. The number of benzene rings is 1. The van der Waals surface area contributed by atoms with Gasteiger partial charge in [0.2, 0.25) is 0 Å². The zero-order valence-electron chi connectivity index (χ0n) is 12.1. The van der Waals surface area contributed by atoms with Gasteiger partial charge in [-0.15, -0.1) is 0 Å². The Bertz CT molecular complexity index is 646. The number of rotatable bonds is 3. The number of nitrogens with one attached hydrogen (secondary N) is 2. The molecule has 21 heavy (non-hydrogen) atoms. The molecule has 1 aliphatic heterocycles. The fourth-order valence-electron chi connectivity index (χ4n) is 2.57. The Kier molecular flexibility index (Phi) is 3.59. The van der Waals surface area contributed by atoms with Crippen LogP contribution in [-0.2, 0) is 0 Å². The second kappa shape index (κ2) is 5.41. The molecule has 1 aromatic heterocycles. The van der Waals surface area contributed by atoms with Gasteiger partial charge in [-0.25, -0.2) is 0 Å². The molecule has 0 saturated heterocycles. The summed E-state index contributed by atoms with van der Waals surface area (Å²) in [5, 5.41) is 16.2. The van der Waals surface area contributed by atoms with Crippen LogP contribution >= 0.6 is 11.6 Å². The molecule has 5 nitrogen and oxygen atoms in total. The van der Waals surface area contributed by atoms with Crippen LogP contribution in [0.3, 0.4) is 0 Å². The van der Waals surface area contributed by atoms with Gasteiger partial charge >= 0.3 is 0 Å². The lowest BCUT2D eigenvalue weighted by Crippen LogP contribution is -2.48. The summed E-state index contributed by atoms with van der Waals surface area (Å²) in [4.78, 5) is 4.19. The van der Waals surface area contributed by atoms with Gasteiger partial charge in [-0.2, -0.15) is 5.10 Å². The third-order valence-corrected chi connectivity index (χ3v) is 3.75. The van der Waals surface area contributed by atoms with E-state index in [1.807, 2.05) is 29.2 Å². The van der Waals surface area contributed by atoms with E-state index in [9.17, 15) is 0 Å². The lowest BCUT2D eigenvalue weighted by molar-refractivity contribution is 0.604. The van der Waals surface area contributed by atoms with Crippen molar-refractivity contribution < 1.29 is 0 Å². The molecule has 6 heteroatoms. The molecule has 0 unspecified atom stereocenters. The third kappa shape index (κ3) is 2.61. The van der Waals surface area contributed by atoms with Crippen LogP contribution in [0.4, 0.5) is 11.5 Å². The molecule has 0 spiro atoms. The number of aromatic nitrogens is 2. The highest BCUT2D eigenvalue weighted by Gasteiger charge is 2.29. The second-order valence-corrected chi connectivity index (χ2v) is 6.08. The molecular weight excluding hydrogens is 286 g/mol. The molecule has 0 saturated carbocycles. The molecule has 110 valence electrons. The Morgan fingerprint density at radius 2 is 2.05 bits per heavy atom. The summed E-state index contributed by atoms with van der Waals surface area (Å²) in [5.74, 6) is 1.92. The normalized spacial score (nSPS) is 14.8. The molecule has 0 bridgehead atoms. The van der Waals surface area contributed by atoms with E-state index in [4.69, 9.17) is 17.0 Å². The number of nitrogens with zero attached hydrogens (tertiary/aromatic N) is 3. The van der Waals surface area contributed by atoms with Crippen LogP contribution in [-0.4, -0.2) is 29.2 Å². The van der Waals surface area contributed by atoms with Crippen LogP contribution in [0.25, 0.3) is 0 Å². The minimum absolute atomic E-state index is 0.459. The Hall–Kier alpha value is -2.01. The van der Waals surface area contributed by atoms with Crippen LogP contribution in [0.1, 0.15) is 19.4 Å². The van der Waals surface area contributed by atoms with Crippen LogP contribution < -0.4 is 9.80 Å². The number of aromatic amines is 1. The molecule has 0 radical (unpaired) electrons. The first kappa shape index (κ1) is 13.9. The van der Waals surface area contributed by atoms with Crippen molar-refractivity contribution in [2.75, 3.05) is 23.0 Å². The average molecular weight is 304 g/mol. The van der Waals surface area contributed by atoms with Gasteiger partial charge in [-0.3, -0.25) is 10.5 Å². The molecule has 3 rings (SSSR count). The second-order valence-electron chi connectivity index (χ2n) is 5.64. The van der Waals surface area contributed by atoms with Gasteiger partial charge < -0.3 is 9.80 Å². The van der Waals surface area contributed by atoms with Crippen molar-refractivity contribution >= 4 is 28.9 Å². The van der Waals surface area contributed by atoms with E-state index in [0.717, 1.165) is 23.6 Å². The monoisotopic (exact) mass is 303 g/mol. The number of fused-ring (bicyclic) bond motifs is 1.